The van der Waals surface area contributed by atoms with Crippen LogP contribution in [0.3, 0.4) is 0 Å². The lowest BCUT2D eigenvalue weighted by Crippen LogP contribution is -2.64. The highest BCUT2D eigenvalue weighted by Crippen LogP contribution is 1.89. The lowest BCUT2D eigenvalue weighted by Gasteiger charge is -2.27. The summed E-state index contributed by atoms with van der Waals surface area (Å²) < 4.78 is 0. The van der Waals surface area contributed by atoms with Crippen LogP contribution in [0.15, 0.2) is 0 Å². The third-order valence-electron chi connectivity index (χ3n) is 1.78. The van der Waals surface area contributed by atoms with Crippen molar-refractivity contribution in [2.45, 2.75) is 0 Å². The average Bonchev–Trinajstić information content (AvgIpc) is 2.03. The standard InChI is InChI=1S/B14H3/c1-8-13(10(2)3)9-14(11(4)5)12(6)7/h1H3/q-1. The van der Waals surface area contributed by atoms with Crippen molar-refractivity contribution in [2.24, 2.45) is 0 Å². The highest BCUT2D eigenvalue weighted by molar-refractivity contribution is 8.02. The molecule has 0 nitrogen and oxygen atoms in total. The van der Waals surface area contributed by atoms with Crippen molar-refractivity contribution < 1.29 is 0 Å². The molecule has 0 heterocycles. The molecule has 14 heteroatoms. The van der Waals surface area contributed by atoms with Crippen LogP contribution in [-0.4, -0.2) is 100 Å². The maximum atomic E-state index is 5.59. The van der Waals surface area contributed by atoms with Gasteiger partial charge in [-0.3, -0.25) is 0 Å². The molecule has 0 aliphatic carbocycles. The molecule has 0 unspecified atom stereocenters. The second-order valence-electron chi connectivity index (χ2n) is 3.08. The molecule has 0 aliphatic rings. The minimum Gasteiger partial charge on any atom is -0.158 e. The summed E-state index contributed by atoms with van der Waals surface area (Å²) in [6.45, 7) is 0. The molecule has 0 fully saturated rings. The van der Waals surface area contributed by atoms with Crippen LogP contribution in [0.25, 0.3) is 0 Å². The van der Waals surface area contributed by atoms with E-state index in [-0.39, 0.29) is 20.5 Å². The van der Waals surface area contributed by atoms with Gasteiger partial charge in [0.1, 0.15) is 0 Å². The van der Waals surface area contributed by atoms with Gasteiger partial charge in [-0.1, -0.05) is 7.74 Å². The van der Waals surface area contributed by atoms with Crippen LogP contribution in [0, 0.1) is 0 Å². The molecule has 0 rings (SSSR count). The molecule has 0 aromatic rings. The molecule has 0 aliphatic heterocycles. The van der Waals surface area contributed by atoms with E-state index >= 15 is 0 Å². The first-order chi connectivity index (χ1) is 6.40. The lowest BCUT2D eigenvalue weighted by molar-refractivity contribution is 3.50. The highest BCUT2D eigenvalue weighted by Gasteiger charge is 2.26. The van der Waals surface area contributed by atoms with Crippen molar-refractivity contribution in [2.75, 3.05) is 0 Å². The van der Waals surface area contributed by atoms with E-state index in [1.165, 1.54) is 0 Å². The minimum absolute atomic E-state index is 0.0178. The molecular weight excluding hydrogens is 151 g/mol. The Morgan fingerprint density at radius 2 is 1.21 bits per heavy atom. The quantitative estimate of drug-likeness (QED) is 0.334. The summed E-state index contributed by atoms with van der Waals surface area (Å²) >= 11 is 0. The summed E-state index contributed by atoms with van der Waals surface area (Å²) in [5, 5.41) is 0. The molecule has 14 heavy (non-hydrogen) atoms. The van der Waals surface area contributed by atoms with E-state index in [1.807, 2.05) is 7.06 Å². The Hall–Kier alpha value is 0.909. The first-order valence-corrected chi connectivity index (χ1v) is 4.00. The number of hydrogen-bond donors (Lipinski definition) is 0. The van der Waals surface area contributed by atoms with Gasteiger partial charge in [-0.25, -0.2) is 0 Å². The van der Waals surface area contributed by atoms with E-state index < -0.39 is 19.2 Å². The predicted octanol–water partition coefficient (Wildman–Crippen LogP) is -6.13. The van der Waals surface area contributed by atoms with Gasteiger partial charge < -0.3 is 0 Å². The van der Waals surface area contributed by atoms with Gasteiger partial charge in [0.25, 0.3) is 0 Å². The van der Waals surface area contributed by atoms with Crippen LogP contribution in [0.1, 0.15) is 0 Å². The Labute approximate surface area is 100 Å². The third-order valence-corrected chi connectivity index (χ3v) is 1.78. The molecule has 0 saturated carbocycles. The van der Waals surface area contributed by atoms with Crippen LogP contribution in [0.2, 0.25) is 0 Å². The molecule has 0 aromatic heterocycles. The van der Waals surface area contributed by atoms with Crippen LogP contribution in [0.4, 0.5) is 0 Å². The van der Waals surface area contributed by atoms with Gasteiger partial charge in [0.15, 0.2) is 0 Å². The van der Waals surface area contributed by atoms with Crippen LogP contribution in [0.5, 0.6) is 0 Å². The van der Waals surface area contributed by atoms with Crippen molar-refractivity contribution in [1.82, 2.24) is 0 Å². The molecule has 0 spiro atoms. The fourth-order valence-corrected chi connectivity index (χ4v) is 0.898. The van der Waals surface area contributed by atoms with E-state index in [2.05, 4.69) is 7.06 Å². The predicted molar refractivity (Wildman–Crippen MR) is 84.7 cm³/mol. The van der Waals surface area contributed by atoms with Crippen LogP contribution in [-0.2, 0) is 0 Å². The largest absolute Gasteiger partial charge is 0.158 e. The van der Waals surface area contributed by atoms with Gasteiger partial charge in [0.05, 0.1) is 0 Å². The lowest BCUT2D eigenvalue weighted by atomic mass is 8.55. The van der Waals surface area contributed by atoms with Gasteiger partial charge in [-0.05, 0) is 85.4 Å². The van der Waals surface area contributed by atoms with E-state index in [0.29, 0.717) is 0 Å². The Bertz CT molecular complexity index is 125. The Balaban J connectivity index is 4.26. The fourth-order valence-electron chi connectivity index (χ4n) is 0.898. The van der Waals surface area contributed by atoms with Crippen molar-refractivity contribution in [3.63, 3.8) is 0 Å². The zero-order valence-electron chi connectivity index (χ0n) is 7.51. The van der Waals surface area contributed by atoms with Gasteiger partial charge >= 0.3 is 0 Å². The zero-order valence-corrected chi connectivity index (χ0v) is 7.51. The summed E-state index contributed by atoms with van der Waals surface area (Å²) in [4.78, 5) is 0. The number of rotatable bonds is 6. The van der Waals surface area contributed by atoms with Crippen molar-refractivity contribution in [3.8, 4) is 0 Å². The van der Waals surface area contributed by atoms with Crippen molar-refractivity contribution >= 4 is 100 Å². The molecular formula is H3B14-. The molecule has 14 radical (unpaired) electrons. The summed E-state index contributed by atoms with van der Waals surface area (Å²) in [7, 11) is 37.5. The topological polar surface area (TPSA) is 0 Å². The summed E-state index contributed by atoms with van der Waals surface area (Å²) in [6, 6.07) is 0. The maximum Gasteiger partial charge on any atom is -0.0000000127 e. The summed E-state index contributed by atoms with van der Waals surface area (Å²) in [5.41, 5.74) is 0. The molecule has 0 atom stereocenters. The summed E-state index contributed by atoms with van der Waals surface area (Å²) in [6.07, 6.45) is -1.81. The van der Waals surface area contributed by atoms with E-state index in [4.69, 9.17) is 46.4 Å². The van der Waals surface area contributed by atoms with Gasteiger partial charge in [0.2, 0.25) is 0 Å². The Morgan fingerprint density at radius 3 is 1.43 bits per heavy atom. The Morgan fingerprint density at radius 1 is 0.786 bits per heavy atom. The normalized spacial score (nSPS) is 8.64. The van der Waals surface area contributed by atoms with Gasteiger partial charge in [-0.15, -0.1) is 0 Å². The van der Waals surface area contributed by atoms with E-state index in [0.717, 1.165) is 0 Å². The monoisotopic (exact) mass is 157 g/mol. The van der Waals surface area contributed by atoms with E-state index in [9.17, 15) is 0 Å². The zero-order chi connectivity index (χ0) is 11.3. The highest BCUT2D eigenvalue weighted by atomic mass is 13.1. The fraction of sp³-hybridized carbons (Fsp3) is 0. The smallest absolute Gasteiger partial charge is 0.0000000127 e. The Kier molecular flexibility index (Phi) is 7.70. The molecule has 0 aromatic carbocycles. The first kappa shape index (κ1) is 14.9. The second kappa shape index (κ2) is 7.23. The van der Waals surface area contributed by atoms with Crippen LogP contribution < -0.4 is 0 Å². The van der Waals surface area contributed by atoms with Crippen LogP contribution >= 0.6 is 0 Å². The molecule has 0 bridgehead atoms. The third kappa shape index (κ3) is 5.12. The molecule has 0 saturated heterocycles. The maximum absolute atomic E-state index is 5.59. The van der Waals surface area contributed by atoms with Crippen molar-refractivity contribution in [3.05, 3.63) is 0 Å². The molecule has 0 N–H and O–H groups in total. The SMILES string of the molecule is [B]B([B])B([B][BH3-])[B]B(B([B])[B])B([B])[B]. The minimum atomic E-state index is -0.573. The van der Waals surface area contributed by atoms with Gasteiger partial charge in [0, 0.05) is 0 Å². The number of hydrogen-bond acceptors (Lipinski definition) is 0. The summed E-state index contributed by atoms with van der Waals surface area (Å²) in [5.74, 6) is 0. The second-order valence-corrected chi connectivity index (χ2v) is 3.08. The van der Waals surface area contributed by atoms with E-state index in [1.54, 1.807) is 0 Å². The molecule has 0 amide bonds. The average molecular weight is 154 g/mol. The first-order valence-electron chi connectivity index (χ1n) is 4.00. The van der Waals surface area contributed by atoms with Gasteiger partial charge in [-0.2, -0.15) is 7.06 Å². The molecule has 46 valence electrons. The van der Waals surface area contributed by atoms with Crippen molar-refractivity contribution in [1.29, 1.82) is 0 Å².